The monoisotopic (exact) mass is 379 g/mol. The summed E-state index contributed by atoms with van der Waals surface area (Å²) in [6.45, 7) is 3.79. The van der Waals surface area contributed by atoms with Gasteiger partial charge < -0.3 is 14.4 Å². The van der Waals surface area contributed by atoms with Gasteiger partial charge in [0.1, 0.15) is 5.75 Å². The third kappa shape index (κ3) is 3.26. The van der Waals surface area contributed by atoms with E-state index in [0.29, 0.717) is 17.9 Å². The van der Waals surface area contributed by atoms with Gasteiger partial charge in [0.05, 0.1) is 12.7 Å². The van der Waals surface area contributed by atoms with Crippen LogP contribution in [0.5, 0.6) is 5.75 Å². The Balaban J connectivity index is 1.69. The third-order valence-corrected chi connectivity index (χ3v) is 5.82. The lowest BCUT2D eigenvalue weighted by molar-refractivity contribution is -0.137. The number of carbonyl (C=O) groups is 2. The summed E-state index contributed by atoms with van der Waals surface area (Å²) >= 11 is 0. The zero-order valence-electron chi connectivity index (χ0n) is 16.5. The smallest absolute Gasteiger partial charge is 0.339 e. The van der Waals surface area contributed by atoms with Gasteiger partial charge in [0.2, 0.25) is 0 Å². The fourth-order valence-electron chi connectivity index (χ4n) is 3.98. The van der Waals surface area contributed by atoms with Gasteiger partial charge in [-0.2, -0.15) is 0 Å². The molecule has 1 aliphatic carbocycles. The van der Waals surface area contributed by atoms with Gasteiger partial charge in [-0.05, 0) is 68.5 Å². The molecule has 2 aromatic carbocycles. The molecule has 146 valence electrons. The van der Waals surface area contributed by atoms with Crippen LogP contribution in [0.1, 0.15) is 42.6 Å². The van der Waals surface area contributed by atoms with Crippen molar-refractivity contribution in [1.82, 2.24) is 0 Å². The van der Waals surface area contributed by atoms with Crippen LogP contribution in [0, 0.1) is 5.92 Å². The largest absolute Gasteiger partial charge is 0.497 e. The van der Waals surface area contributed by atoms with Crippen LogP contribution < -0.4 is 9.64 Å². The molecule has 0 aromatic heterocycles. The molecule has 0 saturated heterocycles. The number of carbonyl (C=O) groups excluding carboxylic acids is 2. The summed E-state index contributed by atoms with van der Waals surface area (Å²) in [5.41, 5.74) is 0.956. The highest BCUT2D eigenvalue weighted by molar-refractivity contribution is 6.04. The molecule has 1 heterocycles. The molecule has 5 nitrogen and oxygen atoms in total. The van der Waals surface area contributed by atoms with E-state index in [9.17, 15) is 9.59 Å². The molecule has 28 heavy (non-hydrogen) atoms. The maximum Gasteiger partial charge on any atom is 0.339 e. The Kier molecular flexibility index (Phi) is 4.61. The van der Waals surface area contributed by atoms with Crippen molar-refractivity contribution in [2.24, 2.45) is 5.92 Å². The Morgan fingerprint density at radius 2 is 1.86 bits per heavy atom. The Morgan fingerprint density at radius 3 is 2.50 bits per heavy atom. The number of esters is 1. The minimum atomic E-state index is -1.23. The minimum absolute atomic E-state index is 0.0357. The summed E-state index contributed by atoms with van der Waals surface area (Å²) in [4.78, 5) is 28.1. The van der Waals surface area contributed by atoms with Crippen molar-refractivity contribution in [2.75, 3.05) is 12.0 Å². The van der Waals surface area contributed by atoms with Crippen molar-refractivity contribution in [3.05, 3.63) is 59.7 Å². The van der Waals surface area contributed by atoms with E-state index in [1.807, 2.05) is 42.5 Å². The number of benzene rings is 2. The van der Waals surface area contributed by atoms with Gasteiger partial charge in [-0.3, -0.25) is 4.79 Å². The number of hydrogen-bond acceptors (Lipinski definition) is 4. The van der Waals surface area contributed by atoms with Crippen molar-refractivity contribution in [3.63, 3.8) is 0 Å². The Labute approximate surface area is 165 Å². The molecule has 1 amide bonds. The van der Waals surface area contributed by atoms with Gasteiger partial charge in [0.25, 0.3) is 5.91 Å². The van der Waals surface area contributed by atoms with E-state index in [4.69, 9.17) is 9.47 Å². The van der Waals surface area contributed by atoms with Crippen molar-refractivity contribution in [2.45, 2.75) is 44.8 Å². The quantitative estimate of drug-likeness (QED) is 0.737. The second-order valence-corrected chi connectivity index (χ2v) is 7.91. The number of nitrogens with zero attached hydrogens (tertiary/aromatic N) is 1. The molecule has 0 radical (unpaired) electrons. The second kappa shape index (κ2) is 6.97. The summed E-state index contributed by atoms with van der Waals surface area (Å²) < 4.78 is 11.0. The van der Waals surface area contributed by atoms with Gasteiger partial charge in [-0.15, -0.1) is 0 Å². The van der Waals surface area contributed by atoms with E-state index in [1.165, 1.54) is 0 Å². The molecule has 1 fully saturated rings. The number of anilines is 1. The van der Waals surface area contributed by atoms with E-state index in [-0.39, 0.29) is 11.9 Å². The van der Waals surface area contributed by atoms with Crippen molar-refractivity contribution in [1.29, 1.82) is 0 Å². The standard InChI is InChI=1S/C23H25NO4/c1-15(16-8-9-16)24(18-10-12-19(27-3)13-11-18)22(26)23(2)14-17-6-4-5-7-20(17)21(25)28-23/h4-7,10-13,15-16H,8-9,14H2,1-3H3. The fourth-order valence-corrected chi connectivity index (χ4v) is 3.98. The van der Waals surface area contributed by atoms with E-state index in [1.54, 1.807) is 25.0 Å². The first-order valence-electron chi connectivity index (χ1n) is 9.72. The molecular weight excluding hydrogens is 354 g/mol. The summed E-state index contributed by atoms with van der Waals surface area (Å²) in [5, 5.41) is 0. The van der Waals surface area contributed by atoms with Crippen LogP contribution in [-0.4, -0.2) is 30.6 Å². The Bertz CT molecular complexity index is 903. The molecule has 5 heteroatoms. The zero-order chi connectivity index (χ0) is 19.9. The molecule has 0 bridgehead atoms. The Morgan fingerprint density at radius 1 is 1.18 bits per heavy atom. The van der Waals surface area contributed by atoms with E-state index >= 15 is 0 Å². The predicted octanol–water partition coefficient (Wildman–Crippen LogP) is 4.00. The maximum absolute atomic E-state index is 13.7. The SMILES string of the molecule is COc1ccc(N(C(=O)C2(C)Cc3ccccc3C(=O)O2)C(C)C2CC2)cc1. The highest BCUT2D eigenvalue weighted by Crippen LogP contribution is 2.39. The van der Waals surface area contributed by atoms with Gasteiger partial charge in [0, 0.05) is 18.2 Å². The number of fused-ring (bicyclic) bond motifs is 1. The molecule has 1 aliphatic heterocycles. The molecular formula is C23H25NO4. The number of cyclic esters (lactones) is 1. The normalized spacial score (nSPS) is 22.0. The van der Waals surface area contributed by atoms with Crippen LogP contribution in [0.2, 0.25) is 0 Å². The predicted molar refractivity (Wildman–Crippen MR) is 107 cm³/mol. The van der Waals surface area contributed by atoms with Crippen molar-refractivity contribution < 1.29 is 19.1 Å². The van der Waals surface area contributed by atoms with Crippen molar-refractivity contribution >= 4 is 17.6 Å². The first-order valence-corrected chi connectivity index (χ1v) is 9.72. The molecule has 1 saturated carbocycles. The number of rotatable bonds is 5. The fraction of sp³-hybridized carbons (Fsp3) is 0.391. The van der Waals surface area contributed by atoms with Crippen molar-refractivity contribution in [3.8, 4) is 5.75 Å². The molecule has 2 atom stereocenters. The molecule has 0 spiro atoms. The van der Waals surface area contributed by atoms with E-state index < -0.39 is 11.6 Å². The average molecular weight is 379 g/mol. The maximum atomic E-state index is 13.7. The third-order valence-electron chi connectivity index (χ3n) is 5.82. The first-order chi connectivity index (χ1) is 13.4. The molecule has 2 aromatic rings. The van der Waals surface area contributed by atoms with E-state index in [2.05, 4.69) is 6.92 Å². The van der Waals surface area contributed by atoms with Crippen LogP contribution in [0.25, 0.3) is 0 Å². The lowest BCUT2D eigenvalue weighted by Gasteiger charge is -2.39. The molecule has 0 N–H and O–H groups in total. The van der Waals surface area contributed by atoms with Gasteiger partial charge in [-0.1, -0.05) is 18.2 Å². The average Bonchev–Trinajstić information content (AvgIpc) is 3.54. The van der Waals surface area contributed by atoms with Gasteiger partial charge in [0.15, 0.2) is 5.60 Å². The topological polar surface area (TPSA) is 55.8 Å². The number of amides is 1. The van der Waals surface area contributed by atoms with Crippen LogP contribution in [0.3, 0.4) is 0 Å². The highest BCUT2D eigenvalue weighted by atomic mass is 16.6. The lowest BCUT2D eigenvalue weighted by Crippen LogP contribution is -2.56. The zero-order valence-corrected chi connectivity index (χ0v) is 16.5. The minimum Gasteiger partial charge on any atom is -0.497 e. The van der Waals surface area contributed by atoms with Crippen LogP contribution in [0.15, 0.2) is 48.5 Å². The highest BCUT2D eigenvalue weighted by Gasteiger charge is 2.48. The number of methoxy groups -OCH3 is 1. The summed E-state index contributed by atoms with van der Waals surface area (Å²) in [6, 6.07) is 14.8. The first kappa shape index (κ1) is 18.5. The van der Waals surface area contributed by atoms with Crippen LogP contribution >= 0.6 is 0 Å². The Hall–Kier alpha value is -2.82. The molecule has 2 aliphatic rings. The summed E-state index contributed by atoms with van der Waals surface area (Å²) in [7, 11) is 1.62. The van der Waals surface area contributed by atoms with Gasteiger partial charge >= 0.3 is 5.97 Å². The molecule has 2 unspecified atom stereocenters. The number of hydrogen-bond donors (Lipinski definition) is 0. The second-order valence-electron chi connectivity index (χ2n) is 7.91. The lowest BCUT2D eigenvalue weighted by atomic mass is 9.88. The summed E-state index contributed by atoms with van der Waals surface area (Å²) in [6.07, 6.45) is 2.60. The van der Waals surface area contributed by atoms with Crippen LogP contribution in [0.4, 0.5) is 5.69 Å². The number of ether oxygens (including phenoxy) is 2. The van der Waals surface area contributed by atoms with Crippen LogP contribution in [-0.2, 0) is 16.0 Å². The summed E-state index contributed by atoms with van der Waals surface area (Å²) in [5.74, 6) is 0.590. The van der Waals surface area contributed by atoms with E-state index in [0.717, 1.165) is 29.8 Å². The molecule has 4 rings (SSSR count). The van der Waals surface area contributed by atoms with Gasteiger partial charge in [-0.25, -0.2) is 4.79 Å².